The highest BCUT2D eigenvalue weighted by molar-refractivity contribution is 5.87. The van der Waals surface area contributed by atoms with E-state index in [-0.39, 0.29) is 18.0 Å². The van der Waals surface area contributed by atoms with Crippen LogP contribution >= 0.6 is 0 Å². The third kappa shape index (κ3) is 3.02. The number of carbonyl (C=O) groups is 1. The second-order valence-electron chi connectivity index (χ2n) is 5.39. The van der Waals surface area contributed by atoms with Gasteiger partial charge in [0.15, 0.2) is 5.78 Å². The lowest BCUT2D eigenvalue weighted by Gasteiger charge is -2.09. The predicted molar refractivity (Wildman–Crippen MR) is 84.8 cm³/mol. The minimum absolute atomic E-state index is 0.157. The lowest BCUT2D eigenvalue weighted by Crippen LogP contribution is -2.24. The Labute approximate surface area is 128 Å². The molecule has 2 aromatic carbocycles. The Morgan fingerprint density at radius 3 is 2.59 bits per heavy atom. The molecule has 4 nitrogen and oxygen atoms in total. The zero-order valence-electron chi connectivity index (χ0n) is 12.0. The highest BCUT2D eigenvalue weighted by Gasteiger charge is 2.17. The topological polar surface area (TPSA) is 73.3 Å². The van der Waals surface area contributed by atoms with Crippen LogP contribution in [0.3, 0.4) is 0 Å². The maximum absolute atomic E-state index is 12.1. The molecule has 3 rings (SSSR count). The molecule has 0 aliphatic heterocycles. The number of aliphatic hydroxyl groups is 1. The van der Waals surface area contributed by atoms with E-state index in [4.69, 9.17) is 0 Å². The van der Waals surface area contributed by atoms with E-state index in [1.807, 2.05) is 30.5 Å². The van der Waals surface area contributed by atoms with E-state index in [1.54, 1.807) is 12.1 Å². The van der Waals surface area contributed by atoms with Crippen LogP contribution in [0.4, 0.5) is 0 Å². The first-order valence-corrected chi connectivity index (χ1v) is 7.17. The van der Waals surface area contributed by atoms with E-state index < -0.39 is 6.10 Å². The van der Waals surface area contributed by atoms with Crippen LogP contribution in [0.2, 0.25) is 0 Å². The van der Waals surface area contributed by atoms with Crippen LogP contribution in [-0.4, -0.2) is 27.1 Å². The average Bonchev–Trinajstić information content (AvgIpc) is 2.93. The summed E-state index contributed by atoms with van der Waals surface area (Å²) in [6.45, 7) is 0. The van der Waals surface area contributed by atoms with E-state index >= 15 is 0 Å². The first-order valence-electron chi connectivity index (χ1n) is 7.17. The molecular weight excluding hydrogens is 278 g/mol. The molecular formula is C18H17NO3. The van der Waals surface area contributed by atoms with E-state index in [2.05, 4.69) is 4.98 Å². The van der Waals surface area contributed by atoms with Crippen LogP contribution in [0, 0.1) is 0 Å². The van der Waals surface area contributed by atoms with Gasteiger partial charge in [0.2, 0.25) is 0 Å². The molecule has 112 valence electrons. The molecule has 0 saturated carbocycles. The summed E-state index contributed by atoms with van der Waals surface area (Å²) in [5, 5.41) is 20.4. The summed E-state index contributed by atoms with van der Waals surface area (Å²) in [6, 6.07) is 14.3. The number of ketones is 1. The standard InChI is InChI=1S/C18H17NO3/c20-14-7-5-12(6-8-14)9-17(21)18(22)10-13-11-19-16-4-2-1-3-15(13)16/h1-8,11,18-20,22H,9-10H2. The van der Waals surface area contributed by atoms with Crippen LogP contribution in [0.1, 0.15) is 11.1 Å². The molecule has 0 bridgehead atoms. The van der Waals surface area contributed by atoms with Gasteiger partial charge in [-0.05, 0) is 29.3 Å². The van der Waals surface area contributed by atoms with Gasteiger partial charge in [-0.25, -0.2) is 0 Å². The number of H-pyrrole nitrogens is 1. The van der Waals surface area contributed by atoms with Gasteiger partial charge in [-0.1, -0.05) is 30.3 Å². The van der Waals surface area contributed by atoms with Gasteiger partial charge in [0, 0.05) is 29.9 Å². The Kier molecular flexibility index (Phi) is 3.94. The molecule has 0 radical (unpaired) electrons. The van der Waals surface area contributed by atoms with Crippen molar-refractivity contribution in [1.29, 1.82) is 0 Å². The van der Waals surface area contributed by atoms with Crippen LogP contribution < -0.4 is 0 Å². The lowest BCUT2D eigenvalue weighted by atomic mass is 9.99. The zero-order valence-corrected chi connectivity index (χ0v) is 12.0. The van der Waals surface area contributed by atoms with E-state index in [0.29, 0.717) is 6.42 Å². The summed E-state index contributed by atoms with van der Waals surface area (Å²) in [4.78, 5) is 15.3. The largest absolute Gasteiger partial charge is 0.508 e. The van der Waals surface area contributed by atoms with Crippen molar-refractivity contribution < 1.29 is 15.0 Å². The number of benzene rings is 2. The van der Waals surface area contributed by atoms with Gasteiger partial charge in [-0.15, -0.1) is 0 Å². The molecule has 0 spiro atoms. The van der Waals surface area contributed by atoms with Crippen LogP contribution in [0.5, 0.6) is 5.75 Å². The van der Waals surface area contributed by atoms with Gasteiger partial charge in [0.05, 0.1) is 0 Å². The molecule has 0 saturated heterocycles. The highest BCUT2D eigenvalue weighted by atomic mass is 16.3. The molecule has 1 unspecified atom stereocenters. The van der Waals surface area contributed by atoms with Gasteiger partial charge in [0.25, 0.3) is 0 Å². The summed E-state index contributed by atoms with van der Waals surface area (Å²) in [6.07, 6.45) is 1.25. The van der Waals surface area contributed by atoms with E-state index in [1.165, 1.54) is 12.1 Å². The van der Waals surface area contributed by atoms with Crippen molar-refractivity contribution in [1.82, 2.24) is 4.98 Å². The molecule has 22 heavy (non-hydrogen) atoms. The number of phenols is 1. The third-order valence-electron chi connectivity index (χ3n) is 3.77. The summed E-state index contributed by atoms with van der Waals surface area (Å²) >= 11 is 0. The van der Waals surface area contributed by atoms with Gasteiger partial charge in [0.1, 0.15) is 11.9 Å². The number of rotatable bonds is 5. The van der Waals surface area contributed by atoms with Crippen LogP contribution in [-0.2, 0) is 17.6 Å². The fourth-order valence-corrected chi connectivity index (χ4v) is 2.56. The molecule has 0 aliphatic rings. The number of carbonyl (C=O) groups excluding carboxylic acids is 1. The first kappa shape index (κ1) is 14.4. The number of Topliss-reactive ketones (excluding diaryl/α,β-unsaturated/α-hetero) is 1. The number of aromatic hydroxyl groups is 1. The Hall–Kier alpha value is -2.59. The SMILES string of the molecule is O=C(Cc1ccc(O)cc1)C(O)Cc1c[nH]c2ccccc12. The van der Waals surface area contributed by atoms with Crippen LogP contribution in [0.15, 0.2) is 54.7 Å². The molecule has 0 amide bonds. The Bertz CT molecular complexity index is 789. The number of aromatic amines is 1. The number of para-hydroxylation sites is 1. The smallest absolute Gasteiger partial charge is 0.165 e. The number of hydrogen-bond donors (Lipinski definition) is 3. The maximum Gasteiger partial charge on any atom is 0.165 e. The first-order chi connectivity index (χ1) is 10.6. The van der Waals surface area contributed by atoms with Crippen molar-refractivity contribution in [2.24, 2.45) is 0 Å². The fourth-order valence-electron chi connectivity index (χ4n) is 2.56. The summed E-state index contributed by atoms with van der Waals surface area (Å²) in [5.74, 6) is -0.0634. The zero-order chi connectivity index (χ0) is 15.5. The van der Waals surface area contributed by atoms with Gasteiger partial charge >= 0.3 is 0 Å². The van der Waals surface area contributed by atoms with Crippen molar-refractivity contribution in [3.63, 3.8) is 0 Å². The van der Waals surface area contributed by atoms with Crippen molar-refractivity contribution in [3.8, 4) is 5.75 Å². The summed E-state index contributed by atoms with van der Waals surface area (Å²) in [5.41, 5.74) is 2.71. The minimum Gasteiger partial charge on any atom is -0.508 e. The predicted octanol–water partition coefficient (Wildman–Crippen LogP) is 2.59. The summed E-state index contributed by atoms with van der Waals surface area (Å²) in [7, 11) is 0. The lowest BCUT2D eigenvalue weighted by molar-refractivity contribution is -0.126. The monoisotopic (exact) mass is 295 g/mol. The highest BCUT2D eigenvalue weighted by Crippen LogP contribution is 2.20. The van der Waals surface area contributed by atoms with Crippen molar-refractivity contribution in [2.45, 2.75) is 18.9 Å². The molecule has 1 atom stereocenters. The second kappa shape index (κ2) is 6.03. The fraction of sp³-hybridized carbons (Fsp3) is 0.167. The number of fused-ring (bicyclic) bond motifs is 1. The maximum atomic E-state index is 12.1. The second-order valence-corrected chi connectivity index (χ2v) is 5.39. The quantitative estimate of drug-likeness (QED) is 0.677. The van der Waals surface area contributed by atoms with Gasteiger partial charge < -0.3 is 15.2 Å². The number of aromatic nitrogens is 1. The third-order valence-corrected chi connectivity index (χ3v) is 3.77. The van der Waals surface area contributed by atoms with E-state index in [9.17, 15) is 15.0 Å². The van der Waals surface area contributed by atoms with Crippen LogP contribution in [0.25, 0.3) is 10.9 Å². The molecule has 1 aromatic heterocycles. The summed E-state index contributed by atoms with van der Waals surface area (Å²) < 4.78 is 0. The van der Waals surface area contributed by atoms with Crippen molar-refractivity contribution >= 4 is 16.7 Å². The number of hydrogen-bond acceptors (Lipinski definition) is 3. The van der Waals surface area contributed by atoms with Gasteiger partial charge in [-0.2, -0.15) is 0 Å². The normalized spacial score (nSPS) is 12.4. The molecule has 3 aromatic rings. The Morgan fingerprint density at radius 2 is 1.82 bits per heavy atom. The molecule has 1 heterocycles. The van der Waals surface area contributed by atoms with E-state index in [0.717, 1.165) is 22.0 Å². The number of phenolic OH excluding ortho intramolecular Hbond substituents is 1. The number of aliphatic hydroxyl groups excluding tert-OH is 1. The van der Waals surface area contributed by atoms with Crippen molar-refractivity contribution in [3.05, 3.63) is 65.9 Å². The number of nitrogens with one attached hydrogen (secondary N) is 1. The Balaban J connectivity index is 1.69. The average molecular weight is 295 g/mol. The van der Waals surface area contributed by atoms with Gasteiger partial charge in [-0.3, -0.25) is 4.79 Å². The molecule has 0 fully saturated rings. The molecule has 4 heteroatoms. The Morgan fingerprint density at radius 1 is 1.09 bits per heavy atom. The minimum atomic E-state index is -1.03. The van der Waals surface area contributed by atoms with Crippen molar-refractivity contribution in [2.75, 3.05) is 0 Å². The molecule has 0 aliphatic carbocycles. The molecule has 3 N–H and O–H groups in total.